The van der Waals surface area contributed by atoms with E-state index >= 15 is 0 Å². The third-order valence-electron chi connectivity index (χ3n) is 0.857. The van der Waals surface area contributed by atoms with Crippen molar-refractivity contribution in [3.05, 3.63) is 0 Å². The molecule has 2 atom stereocenters. The lowest BCUT2D eigenvalue weighted by atomic mass is 10.5. The predicted octanol–water partition coefficient (Wildman–Crippen LogP) is -1.04. The zero-order chi connectivity index (χ0) is 8.15. The van der Waals surface area contributed by atoms with Gasteiger partial charge in [-0.1, -0.05) is 13.8 Å². The van der Waals surface area contributed by atoms with Crippen LogP contribution < -0.4 is 10.6 Å². The SMILES string of the molecule is CC.O=C1NC(O)C(O)N1. The normalized spacial score (nSPS) is 29.8. The Morgan fingerprint density at radius 3 is 1.60 bits per heavy atom. The fraction of sp³-hybridized carbons (Fsp3) is 0.800. The molecule has 0 radical (unpaired) electrons. The summed E-state index contributed by atoms with van der Waals surface area (Å²) < 4.78 is 0. The van der Waals surface area contributed by atoms with E-state index in [1.54, 1.807) is 0 Å². The summed E-state index contributed by atoms with van der Waals surface area (Å²) in [7, 11) is 0. The van der Waals surface area contributed by atoms with Gasteiger partial charge in [0.15, 0.2) is 12.5 Å². The quantitative estimate of drug-likeness (QED) is 0.354. The first-order valence-electron chi connectivity index (χ1n) is 3.13. The number of nitrogens with one attached hydrogen (secondary N) is 2. The summed E-state index contributed by atoms with van der Waals surface area (Å²) in [6, 6.07) is -0.551. The van der Waals surface area contributed by atoms with Crippen molar-refractivity contribution in [3.63, 3.8) is 0 Å². The molecule has 5 nitrogen and oxygen atoms in total. The minimum Gasteiger partial charge on any atom is -0.369 e. The number of aliphatic hydroxyl groups excluding tert-OH is 2. The van der Waals surface area contributed by atoms with E-state index in [4.69, 9.17) is 10.2 Å². The van der Waals surface area contributed by atoms with Crippen LogP contribution in [0.1, 0.15) is 13.8 Å². The van der Waals surface area contributed by atoms with Crippen molar-refractivity contribution in [2.75, 3.05) is 0 Å². The van der Waals surface area contributed by atoms with E-state index in [1.807, 2.05) is 24.5 Å². The zero-order valence-electron chi connectivity index (χ0n) is 5.96. The van der Waals surface area contributed by atoms with Crippen molar-refractivity contribution in [2.24, 2.45) is 0 Å². The van der Waals surface area contributed by atoms with Crippen LogP contribution in [-0.2, 0) is 0 Å². The van der Waals surface area contributed by atoms with E-state index in [1.165, 1.54) is 0 Å². The predicted molar refractivity (Wildman–Crippen MR) is 35.0 cm³/mol. The van der Waals surface area contributed by atoms with Crippen molar-refractivity contribution in [1.82, 2.24) is 10.6 Å². The van der Waals surface area contributed by atoms with Gasteiger partial charge in [-0.05, 0) is 0 Å². The van der Waals surface area contributed by atoms with E-state index < -0.39 is 18.5 Å². The topological polar surface area (TPSA) is 81.6 Å². The molecule has 0 aromatic heterocycles. The van der Waals surface area contributed by atoms with Gasteiger partial charge in [-0.3, -0.25) is 0 Å². The van der Waals surface area contributed by atoms with Gasteiger partial charge in [-0.15, -0.1) is 0 Å². The number of carbonyl (C=O) groups is 1. The van der Waals surface area contributed by atoms with Gasteiger partial charge in [0.2, 0.25) is 0 Å². The van der Waals surface area contributed by atoms with Crippen LogP contribution in [0.25, 0.3) is 0 Å². The van der Waals surface area contributed by atoms with Crippen molar-refractivity contribution in [1.29, 1.82) is 0 Å². The molecule has 1 aliphatic rings. The third kappa shape index (κ3) is 2.20. The lowest BCUT2D eigenvalue weighted by Crippen LogP contribution is -2.32. The van der Waals surface area contributed by atoms with Crippen LogP contribution in [-0.4, -0.2) is 28.7 Å². The molecule has 0 saturated carbocycles. The molecular weight excluding hydrogens is 136 g/mol. The lowest BCUT2D eigenvalue weighted by Gasteiger charge is -2.02. The number of aliphatic hydroxyl groups is 2. The standard InChI is InChI=1S/C3H6N2O3.C2H6/c6-1-2(7)5-3(8)4-1;1-2/h1-2,6-7H,(H2,4,5,8);1-2H3. The fourth-order valence-corrected chi connectivity index (χ4v) is 0.468. The molecule has 1 heterocycles. The Morgan fingerprint density at radius 2 is 1.50 bits per heavy atom. The number of hydrogen-bond donors (Lipinski definition) is 4. The van der Waals surface area contributed by atoms with Gasteiger partial charge >= 0.3 is 6.03 Å². The van der Waals surface area contributed by atoms with Crippen LogP contribution in [0.2, 0.25) is 0 Å². The van der Waals surface area contributed by atoms with Gasteiger partial charge in [0, 0.05) is 0 Å². The molecular formula is C5H12N2O3. The van der Waals surface area contributed by atoms with Gasteiger partial charge in [0.05, 0.1) is 0 Å². The Balaban J connectivity index is 0.000000371. The van der Waals surface area contributed by atoms with Crippen LogP contribution in [0.15, 0.2) is 0 Å². The number of hydrogen-bond acceptors (Lipinski definition) is 3. The van der Waals surface area contributed by atoms with E-state index in [0.717, 1.165) is 0 Å². The van der Waals surface area contributed by atoms with Gasteiger partial charge < -0.3 is 20.8 Å². The molecule has 60 valence electrons. The van der Waals surface area contributed by atoms with Crippen LogP contribution in [0.4, 0.5) is 4.79 Å². The van der Waals surface area contributed by atoms with E-state index in [9.17, 15) is 4.79 Å². The Kier molecular flexibility index (Phi) is 3.75. The Bertz CT molecular complexity index is 105. The van der Waals surface area contributed by atoms with Crippen molar-refractivity contribution in [2.45, 2.75) is 26.3 Å². The maximum absolute atomic E-state index is 10.1. The van der Waals surface area contributed by atoms with Crippen LogP contribution >= 0.6 is 0 Å². The summed E-state index contributed by atoms with van der Waals surface area (Å²) in [5.74, 6) is 0. The van der Waals surface area contributed by atoms with Gasteiger partial charge in [0.1, 0.15) is 0 Å². The molecule has 1 saturated heterocycles. The second-order valence-electron chi connectivity index (χ2n) is 1.51. The molecule has 10 heavy (non-hydrogen) atoms. The summed E-state index contributed by atoms with van der Waals surface area (Å²) in [6.07, 6.45) is -2.33. The van der Waals surface area contributed by atoms with Gasteiger partial charge in [-0.25, -0.2) is 4.79 Å². The van der Waals surface area contributed by atoms with Gasteiger partial charge in [-0.2, -0.15) is 0 Å². The molecule has 5 heteroatoms. The van der Waals surface area contributed by atoms with Gasteiger partial charge in [0.25, 0.3) is 0 Å². The summed E-state index contributed by atoms with van der Waals surface area (Å²) >= 11 is 0. The molecule has 0 aromatic carbocycles. The third-order valence-corrected chi connectivity index (χ3v) is 0.857. The van der Waals surface area contributed by atoms with E-state index in [-0.39, 0.29) is 0 Å². The molecule has 0 aliphatic carbocycles. The maximum Gasteiger partial charge on any atom is 0.319 e. The highest BCUT2D eigenvalue weighted by Gasteiger charge is 2.26. The molecule has 0 aromatic rings. The zero-order valence-corrected chi connectivity index (χ0v) is 5.96. The molecule has 1 aliphatic heterocycles. The molecule has 4 N–H and O–H groups in total. The number of urea groups is 1. The van der Waals surface area contributed by atoms with Crippen LogP contribution in [0, 0.1) is 0 Å². The Morgan fingerprint density at radius 1 is 1.20 bits per heavy atom. The molecule has 1 fully saturated rings. The maximum atomic E-state index is 10.1. The highest BCUT2D eigenvalue weighted by Crippen LogP contribution is 1.91. The molecule has 1 rings (SSSR count). The number of rotatable bonds is 0. The lowest BCUT2D eigenvalue weighted by molar-refractivity contribution is 0.0215. The second-order valence-corrected chi connectivity index (χ2v) is 1.51. The van der Waals surface area contributed by atoms with Crippen molar-refractivity contribution >= 4 is 6.03 Å². The first kappa shape index (κ1) is 9.19. The summed E-state index contributed by atoms with van der Waals surface area (Å²) in [5.41, 5.74) is 0. The monoisotopic (exact) mass is 148 g/mol. The first-order valence-corrected chi connectivity index (χ1v) is 3.13. The molecule has 0 bridgehead atoms. The summed E-state index contributed by atoms with van der Waals surface area (Å²) in [4.78, 5) is 10.1. The molecule has 2 unspecified atom stereocenters. The van der Waals surface area contributed by atoms with E-state index in [2.05, 4.69) is 0 Å². The number of carbonyl (C=O) groups excluding carboxylic acids is 1. The average Bonchev–Trinajstić information content (AvgIpc) is 2.16. The fourth-order valence-electron chi connectivity index (χ4n) is 0.468. The molecule has 0 spiro atoms. The summed E-state index contributed by atoms with van der Waals surface area (Å²) in [6.45, 7) is 4.00. The Hall–Kier alpha value is -0.810. The Labute approximate surface area is 59.0 Å². The minimum atomic E-state index is -1.16. The first-order chi connectivity index (χ1) is 4.70. The van der Waals surface area contributed by atoms with Crippen molar-refractivity contribution < 1.29 is 15.0 Å². The number of amides is 2. The highest BCUT2D eigenvalue weighted by molar-refractivity contribution is 5.76. The van der Waals surface area contributed by atoms with Crippen LogP contribution in [0.3, 0.4) is 0 Å². The largest absolute Gasteiger partial charge is 0.369 e. The summed E-state index contributed by atoms with van der Waals surface area (Å²) in [5, 5.41) is 21.1. The highest BCUT2D eigenvalue weighted by atomic mass is 16.4. The van der Waals surface area contributed by atoms with Crippen LogP contribution in [0.5, 0.6) is 0 Å². The average molecular weight is 148 g/mol. The molecule has 2 amide bonds. The van der Waals surface area contributed by atoms with E-state index in [0.29, 0.717) is 0 Å². The smallest absolute Gasteiger partial charge is 0.319 e. The van der Waals surface area contributed by atoms with Crippen molar-refractivity contribution in [3.8, 4) is 0 Å². The minimum absolute atomic E-state index is 0.551. The second kappa shape index (κ2) is 4.08.